The van der Waals surface area contributed by atoms with E-state index in [0.29, 0.717) is 34.8 Å². The Labute approximate surface area is 156 Å². The van der Waals surface area contributed by atoms with Crippen LogP contribution in [-0.4, -0.2) is 20.6 Å². The molecule has 0 saturated carbocycles. The molecular weight excluding hydrogens is 348 g/mol. The van der Waals surface area contributed by atoms with Gasteiger partial charge < -0.3 is 4.98 Å². The molecule has 2 aromatic heterocycles. The topological polar surface area (TPSA) is 79.8 Å². The maximum Gasteiger partial charge on any atom is 0.297 e. The largest absolute Gasteiger partial charge is 0.353 e. The summed E-state index contributed by atoms with van der Waals surface area (Å²) >= 11 is 1.43. The maximum atomic E-state index is 12.8. The first-order chi connectivity index (χ1) is 12.5. The van der Waals surface area contributed by atoms with Gasteiger partial charge in [0.05, 0.1) is 5.52 Å². The van der Waals surface area contributed by atoms with E-state index in [4.69, 9.17) is 0 Å². The highest BCUT2D eigenvalue weighted by Gasteiger charge is 2.15. The van der Waals surface area contributed by atoms with Crippen molar-refractivity contribution < 1.29 is 4.79 Å². The first-order valence-corrected chi connectivity index (χ1v) is 9.57. The van der Waals surface area contributed by atoms with Gasteiger partial charge in [-0.1, -0.05) is 48.5 Å². The Morgan fingerprint density at radius 1 is 1.27 bits per heavy atom. The second-order valence-corrected chi connectivity index (χ2v) is 7.25. The normalized spacial score (nSPS) is 11.0. The molecule has 0 aliphatic carbocycles. The fourth-order valence-corrected chi connectivity index (χ4v) is 3.52. The fraction of sp³-hybridized carbons (Fsp3) is 0.316. The summed E-state index contributed by atoms with van der Waals surface area (Å²) in [6.07, 6.45) is 1.07. The molecular formula is C19H22N4O2S. The number of thioether (sulfide) groups is 1. The summed E-state index contributed by atoms with van der Waals surface area (Å²) in [7, 11) is 0. The number of rotatable bonds is 6. The summed E-state index contributed by atoms with van der Waals surface area (Å²) in [5.74, 6) is 0.460. The third-order valence-electron chi connectivity index (χ3n) is 3.96. The summed E-state index contributed by atoms with van der Waals surface area (Å²) in [4.78, 5) is 32.5. The number of nitrogens with zero attached hydrogens (tertiary/aromatic N) is 2. The zero-order chi connectivity index (χ0) is 18.7. The first-order valence-electron chi connectivity index (χ1n) is 8.58. The average molecular weight is 370 g/mol. The fourth-order valence-electron chi connectivity index (χ4n) is 2.61. The molecule has 136 valence electrons. The van der Waals surface area contributed by atoms with Gasteiger partial charge in [-0.3, -0.25) is 15.0 Å². The number of aromatic nitrogens is 3. The van der Waals surface area contributed by atoms with Crippen LogP contribution in [0, 0.1) is 13.8 Å². The highest BCUT2D eigenvalue weighted by Crippen LogP contribution is 2.22. The Balaban J connectivity index is 1.96. The molecule has 0 saturated heterocycles. The Morgan fingerprint density at radius 3 is 2.69 bits per heavy atom. The molecule has 2 N–H and O–H groups in total. The van der Waals surface area contributed by atoms with Crippen molar-refractivity contribution in [1.82, 2.24) is 14.6 Å². The van der Waals surface area contributed by atoms with Crippen LogP contribution in [0.15, 0.2) is 40.3 Å². The van der Waals surface area contributed by atoms with Gasteiger partial charge in [-0.15, -0.1) is 0 Å². The van der Waals surface area contributed by atoms with E-state index >= 15 is 0 Å². The van der Waals surface area contributed by atoms with Gasteiger partial charge >= 0.3 is 0 Å². The Morgan fingerprint density at radius 2 is 2.00 bits per heavy atom. The number of nitrogens with one attached hydrogen (secondary N) is 2. The second-order valence-electron chi connectivity index (χ2n) is 6.31. The van der Waals surface area contributed by atoms with Gasteiger partial charge in [-0.05, 0) is 31.9 Å². The Kier molecular flexibility index (Phi) is 5.46. The number of carbonyl (C=O) groups is 1. The smallest absolute Gasteiger partial charge is 0.297 e. The molecule has 3 aromatic rings. The van der Waals surface area contributed by atoms with Crippen LogP contribution in [0.5, 0.6) is 0 Å². The number of hydrogen-bond donors (Lipinski definition) is 2. The predicted octanol–water partition coefficient (Wildman–Crippen LogP) is 3.50. The van der Waals surface area contributed by atoms with Crippen LogP contribution in [-0.2, 0) is 10.5 Å². The van der Waals surface area contributed by atoms with Gasteiger partial charge in [-0.25, -0.2) is 4.98 Å². The molecule has 3 rings (SSSR count). The van der Waals surface area contributed by atoms with E-state index in [2.05, 4.69) is 39.7 Å². The highest BCUT2D eigenvalue weighted by molar-refractivity contribution is 7.98. The number of fused-ring (bicyclic) bond motifs is 1. The first kappa shape index (κ1) is 18.3. The van der Waals surface area contributed by atoms with Crippen molar-refractivity contribution in [2.75, 3.05) is 5.43 Å². The summed E-state index contributed by atoms with van der Waals surface area (Å²) in [6, 6.07) is 10.1. The lowest BCUT2D eigenvalue weighted by atomic mass is 10.2. The van der Waals surface area contributed by atoms with Crippen molar-refractivity contribution >= 4 is 28.7 Å². The van der Waals surface area contributed by atoms with Gasteiger partial charge in [0.15, 0.2) is 5.16 Å². The van der Waals surface area contributed by atoms with E-state index < -0.39 is 0 Å². The maximum absolute atomic E-state index is 12.8. The van der Waals surface area contributed by atoms with Crippen LogP contribution < -0.4 is 11.0 Å². The van der Waals surface area contributed by atoms with Crippen LogP contribution in [0.25, 0.3) is 11.0 Å². The summed E-state index contributed by atoms with van der Waals surface area (Å²) in [6.45, 7) is 5.84. The lowest BCUT2D eigenvalue weighted by molar-refractivity contribution is -0.117. The number of benzene rings is 1. The van der Waals surface area contributed by atoms with Gasteiger partial charge in [0, 0.05) is 17.9 Å². The SMILES string of the molecule is CCCC(=O)Nn1c(SCc2ccc(C)cc2)nc2cc(C)[nH]c2c1=O. The molecule has 0 atom stereocenters. The second kappa shape index (κ2) is 7.78. The van der Waals surface area contributed by atoms with E-state index in [1.54, 1.807) is 0 Å². The number of hydrogen-bond acceptors (Lipinski definition) is 4. The molecule has 1 amide bonds. The predicted molar refractivity (Wildman–Crippen MR) is 105 cm³/mol. The molecule has 0 aliphatic heterocycles. The number of aryl methyl sites for hydroxylation is 2. The highest BCUT2D eigenvalue weighted by atomic mass is 32.2. The van der Waals surface area contributed by atoms with E-state index in [-0.39, 0.29) is 11.5 Å². The van der Waals surface area contributed by atoms with E-state index in [0.717, 1.165) is 11.3 Å². The number of amides is 1. The zero-order valence-corrected chi connectivity index (χ0v) is 15.9. The summed E-state index contributed by atoms with van der Waals surface area (Å²) in [5.41, 5.74) is 6.60. The summed E-state index contributed by atoms with van der Waals surface area (Å²) in [5, 5.41) is 0.478. The van der Waals surface area contributed by atoms with Crippen molar-refractivity contribution in [2.24, 2.45) is 0 Å². The zero-order valence-electron chi connectivity index (χ0n) is 15.1. The van der Waals surface area contributed by atoms with E-state index in [9.17, 15) is 9.59 Å². The quantitative estimate of drug-likeness (QED) is 0.514. The van der Waals surface area contributed by atoms with Crippen LogP contribution in [0.4, 0.5) is 0 Å². The molecule has 0 radical (unpaired) electrons. The van der Waals surface area contributed by atoms with E-state index in [1.165, 1.54) is 22.0 Å². The lowest BCUT2D eigenvalue weighted by Crippen LogP contribution is -2.35. The van der Waals surface area contributed by atoms with Gasteiger partial charge in [0.25, 0.3) is 5.56 Å². The molecule has 2 heterocycles. The van der Waals surface area contributed by atoms with Crippen molar-refractivity contribution in [3.8, 4) is 0 Å². The van der Waals surface area contributed by atoms with Crippen molar-refractivity contribution in [2.45, 2.75) is 44.5 Å². The van der Waals surface area contributed by atoms with E-state index in [1.807, 2.05) is 26.8 Å². The van der Waals surface area contributed by atoms with Crippen molar-refractivity contribution in [3.05, 3.63) is 57.5 Å². The molecule has 6 nitrogen and oxygen atoms in total. The number of H-pyrrole nitrogens is 1. The molecule has 7 heteroatoms. The molecule has 0 bridgehead atoms. The minimum atomic E-state index is -0.293. The third-order valence-corrected chi connectivity index (χ3v) is 4.97. The molecule has 0 spiro atoms. The van der Waals surface area contributed by atoms with Crippen LogP contribution in [0.1, 0.15) is 36.6 Å². The standard InChI is InChI=1S/C19H22N4O2S/c1-4-5-16(24)22-23-18(25)17-15(10-13(3)20-17)21-19(23)26-11-14-8-6-12(2)7-9-14/h6-10,20H,4-5,11H2,1-3H3,(H,22,24). The van der Waals surface area contributed by atoms with Gasteiger partial charge in [-0.2, -0.15) is 4.68 Å². The molecule has 26 heavy (non-hydrogen) atoms. The molecule has 0 unspecified atom stereocenters. The monoisotopic (exact) mass is 370 g/mol. The Hall–Kier alpha value is -2.54. The van der Waals surface area contributed by atoms with Crippen molar-refractivity contribution in [3.63, 3.8) is 0 Å². The number of aromatic amines is 1. The molecule has 0 fully saturated rings. The number of carbonyl (C=O) groups excluding carboxylic acids is 1. The minimum Gasteiger partial charge on any atom is -0.353 e. The van der Waals surface area contributed by atoms with Gasteiger partial charge in [0.2, 0.25) is 5.91 Å². The average Bonchev–Trinajstić information content (AvgIpc) is 2.98. The molecule has 1 aromatic carbocycles. The Bertz CT molecular complexity index is 989. The summed E-state index contributed by atoms with van der Waals surface area (Å²) < 4.78 is 1.26. The minimum absolute atomic E-state index is 0.198. The third kappa shape index (κ3) is 3.99. The van der Waals surface area contributed by atoms with Gasteiger partial charge in [0.1, 0.15) is 5.52 Å². The van der Waals surface area contributed by atoms with Crippen LogP contribution in [0.3, 0.4) is 0 Å². The van der Waals surface area contributed by atoms with Crippen LogP contribution >= 0.6 is 11.8 Å². The lowest BCUT2D eigenvalue weighted by Gasteiger charge is -2.13. The molecule has 0 aliphatic rings. The van der Waals surface area contributed by atoms with Crippen molar-refractivity contribution in [1.29, 1.82) is 0 Å². The van der Waals surface area contributed by atoms with Crippen LogP contribution in [0.2, 0.25) is 0 Å².